The minimum Gasteiger partial charge on any atom is -0.494 e. The molecule has 2 aromatic carbocycles. The Hall–Kier alpha value is -3.22. The van der Waals surface area contributed by atoms with Gasteiger partial charge in [0.05, 0.1) is 18.6 Å². The Balaban J connectivity index is 1.55. The van der Waals surface area contributed by atoms with Gasteiger partial charge >= 0.3 is 5.97 Å². The molecule has 0 fully saturated rings. The van der Waals surface area contributed by atoms with Crippen LogP contribution in [0.5, 0.6) is 5.75 Å². The number of carbonyl (C=O) groups is 1. The predicted molar refractivity (Wildman–Crippen MR) is 93.0 cm³/mol. The molecule has 7 heteroatoms. The summed E-state index contributed by atoms with van der Waals surface area (Å²) >= 11 is 0. The SMILES string of the molecule is CCOc1ccc(CC(=O)OCc2cc(-c3ccc(F)cc3F)on2)cc1. The van der Waals surface area contributed by atoms with Crippen LogP contribution in [0.15, 0.2) is 53.1 Å². The van der Waals surface area contributed by atoms with E-state index >= 15 is 0 Å². The fourth-order valence-corrected chi connectivity index (χ4v) is 2.44. The van der Waals surface area contributed by atoms with Gasteiger partial charge in [-0.2, -0.15) is 0 Å². The van der Waals surface area contributed by atoms with E-state index in [1.54, 1.807) is 24.3 Å². The average Bonchev–Trinajstić information content (AvgIpc) is 3.10. The fraction of sp³-hybridized carbons (Fsp3) is 0.200. The van der Waals surface area contributed by atoms with E-state index in [4.69, 9.17) is 14.0 Å². The summed E-state index contributed by atoms with van der Waals surface area (Å²) in [5, 5.41) is 3.74. The number of nitrogens with zero attached hydrogens (tertiary/aromatic N) is 1. The van der Waals surface area contributed by atoms with E-state index in [0.717, 1.165) is 23.4 Å². The lowest BCUT2D eigenvalue weighted by molar-refractivity contribution is -0.144. The molecule has 0 N–H and O–H groups in total. The van der Waals surface area contributed by atoms with Crippen LogP contribution in [0.2, 0.25) is 0 Å². The van der Waals surface area contributed by atoms with Crippen LogP contribution in [0.25, 0.3) is 11.3 Å². The monoisotopic (exact) mass is 373 g/mol. The normalized spacial score (nSPS) is 10.6. The van der Waals surface area contributed by atoms with Gasteiger partial charge in [0.25, 0.3) is 0 Å². The zero-order valence-corrected chi connectivity index (χ0v) is 14.6. The Morgan fingerprint density at radius 1 is 1.11 bits per heavy atom. The van der Waals surface area contributed by atoms with Gasteiger partial charge in [0.15, 0.2) is 5.76 Å². The molecule has 27 heavy (non-hydrogen) atoms. The van der Waals surface area contributed by atoms with Gasteiger partial charge in [-0.25, -0.2) is 8.78 Å². The molecule has 0 atom stereocenters. The van der Waals surface area contributed by atoms with Crippen LogP contribution in [0.4, 0.5) is 8.78 Å². The predicted octanol–water partition coefficient (Wildman–Crippen LogP) is 4.30. The Labute approximate surface area is 154 Å². The number of carbonyl (C=O) groups excluding carboxylic acids is 1. The summed E-state index contributed by atoms with van der Waals surface area (Å²) in [6.45, 7) is 2.36. The first-order valence-electron chi connectivity index (χ1n) is 8.33. The second kappa shape index (κ2) is 8.44. The van der Waals surface area contributed by atoms with Gasteiger partial charge in [0.2, 0.25) is 0 Å². The van der Waals surface area contributed by atoms with E-state index in [-0.39, 0.29) is 24.4 Å². The lowest BCUT2D eigenvalue weighted by Gasteiger charge is -2.05. The molecule has 0 spiro atoms. The first-order valence-corrected chi connectivity index (χ1v) is 8.33. The third-order valence-corrected chi connectivity index (χ3v) is 3.72. The molecule has 0 amide bonds. The Kier molecular flexibility index (Phi) is 5.80. The van der Waals surface area contributed by atoms with Crippen LogP contribution in [0.1, 0.15) is 18.2 Å². The molecule has 0 aliphatic rings. The lowest BCUT2D eigenvalue weighted by atomic mass is 10.1. The Morgan fingerprint density at radius 2 is 1.89 bits per heavy atom. The van der Waals surface area contributed by atoms with Crippen LogP contribution < -0.4 is 4.74 Å². The minimum atomic E-state index is -0.759. The highest BCUT2D eigenvalue weighted by Crippen LogP contribution is 2.24. The van der Waals surface area contributed by atoms with Crippen molar-refractivity contribution >= 4 is 5.97 Å². The summed E-state index contributed by atoms with van der Waals surface area (Å²) in [4.78, 5) is 12.0. The maximum absolute atomic E-state index is 13.8. The third kappa shape index (κ3) is 4.91. The quantitative estimate of drug-likeness (QED) is 0.578. The van der Waals surface area contributed by atoms with E-state index in [9.17, 15) is 13.6 Å². The van der Waals surface area contributed by atoms with Crippen molar-refractivity contribution < 1.29 is 27.6 Å². The summed E-state index contributed by atoms with van der Waals surface area (Å²) in [7, 11) is 0. The van der Waals surface area contributed by atoms with Gasteiger partial charge in [0.1, 0.15) is 29.7 Å². The summed E-state index contributed by atoms with van der Waals surface area (Å²) in [6, 6.07) is 11.7. The van der Waals surface area contributed by atoms with Crippen molar-refractivity contribution in [2.75, 3.05) is 6.61 Å². The third-order valence-electron chi connectivity index (χ3n) is 3.72. The molecular weight excluding hydrogens is 356 g/mol. The van der Waals surface area contributed by atoms with Gasteiger partial charge in [-0.3, -0.25) is 4.79 Å². The molecule has 0 unspecified atom stereocenters. The van der Waals surface area contributed by atoms with Gasteiger partial charge < -0.3 is 14.0 Å². The Morgan fingerprint density at radius 3 is 2.59 bits per heavy atom. The molecule has 0 saturated heterocycles. The van der Waals surface area contributed by atoms with Crippen molar-refractivity contribution in [2.24, 2.45) is 0 Å². The molecule has 0 radical (unpaired) electrons. The maximum atomic E-state index is 13.8. The first kappa shape index (κ1) is 18.6. The molecule has 1 heterocycles. The summed E-state index contributed by atoms with van der Waals surface area (Å²) < 4.78 is 42.3. The highest BCUT2D eigenvalue weighted by Gasteiger charge is 2.14. The first-order chi connectivity index (χ1) is 13.0. The number of rotatable bonds is 7. The van der Waals surface area contributed by atoms with E-state index in [0.29, 0.717) is 12.3 Å². The second-order valence-corrected chi connectivity index (χ2v) is 5.72. The maximum Gasteiger partial charge on any atom is 0.310 e. The van der Waals surface area contributed by atoms with Crippen LogP contribution in [-0.2, 0) is 22.6 Å². The van der Waals surface area contributed by atoms with Crippen molar-refractivity contribution in [3.05, 3.63) is 71.4 Å². The van der Waals surface area contributed by atoms with Gasteiger partial charge in [0, 0.05) is 12.1 Å². The molecule has 0 bridgehead atoms. The van der Waals surface area contributed by atoms with Crippen molar-refractivity contribution in [1.82, 2.24) is 5.16 Å². The second-order valence-electron chi connectivity index (χ2n) is 5.72. The molecule has 0 saturated carbocycles. The lowest BCUT2D eigenvalue weighted by Crippen LogP contribution is -2.08. The van der Waals surface area contributed by atoms with Gasteiger partial charge in [-0.1, -0.05) is 17.3 Å². The molecule has 5 nitrogen and oxygen atoms in total. The van der Waals surface area contributed by atoms with E-state index in [1.807, 2.05) is 6.92 Å². The average molecular weight is 373 g/mol. The molecule has 3 aromatic rings. The molecule has 0 aliphatic carbocycles. The number of esters is 1. The zero-order chi connectivity index (χ0) is 19.2. The summed E-state index contributed by atoms with van der Waals surface area (Å²) in [5.74, 6) is -1.01. The van der Waals surface area contributed by atoms with E-state index in [2.05, 4.69) is 5.16 Å². The number of halogens is 2. The van der Waals surface area contributed by atoms with Crippen LogP contribution >= 0.6 is 0 Å². The van der Waals surface area contributed by atoms with Gasteiger partial charge in [-0.15, -0.1) is 0 Å². The largest absolute Gasteiger partial charge is 0.494 e. The molecule has 3 rings (SSSR count). The van der Waals surface area contributed by atoms with Crippen molar-refractivity contribution in [1.29, 1.82) is 0 Å². The van der Waals surface area contributed by atoms with Crippen LogP contribution in [0.3, 0.4) is 0 Å². The topological polar surface area (TPSA) is 61.6 Å². The van der Waals surface area contributed by atoms with Gasteiger partial charge in [-0.05, 0) is 36.8 Å². The number of ether oxygens (including phenoxy) is 2. The number of benzene rings is 2. The highest BCUT2D eigenvalue weighted by atomic mass is 19.1. The summed E-state index contributed by atoms with van der Waals surface area (Å²) in [5.41, 5.74) is 1.20. The number of aromatic nitrogens is 1. The molecular formula is C20H17F2NO4. The Bertz CT molecular complexity index is 922. The smallest absolute Gasteiger partial charge is 0.310 e. The zero-order valence-electron chi connectivity index (χ0n) is 14.6. The molecule has 140 valence electrons. The number of hydrogen-bond acceptors (Lipinski definition) is 5. The van der Waals surface area contributed by atoms with Crippen LogP contribution in [-0.4, -0.2) is 17.7 Å². The highest BCUT2D eigenvalue weighted by molar-refractivity contribution is 5.72. The van der Waals surface area contributed by atoms with E-state index < -0.39 is 17.6 Å². The van der Waals surface area contributed by atoms with Crippen molar-refractivity contribution in [2.45, 2.75) is 20.0 Å². The molecule has 0 aliphatic heterocycles. The fourth-order valence-electron chi connectivity index (χ4n) is 2.44. The van der Waals surface area contributed by atoms with Crippen molar-refractivity contribution in [3.8, 4) is 17.1 Å². The summed E-state index contributed by atoms with van der Waals surface area (Å²) in [6.07, 6.45) is 0.101. The minimum absolute atomic E-state index is 0.0795. The van der Waals surface area contributed by atoms with E-state index in [1.165, 1.54) is 12.1 Å². The van der Waals surface area contributed by atoms with Crippen molar-refractivity contribution in [3.63, 3.8) is 0 Å². The molecule has 1 aromatic heterocycles. The van der Waals surface area contributed by atoms with Crippen LogP contribution in [0, 0.1) is 11.6 Å². The standard InChI is InChI=1S/C20H17F2NO4/c1-2-25-16-6-3-13(4-7-16)9-20(24)26-12-15-11-19(27-23-15)17-8-5-14(21)10-18(17)22/h3-8,10-11H,2,9,12H2,1H3. The number of hydrogen-bond donors (Lipinski definition) is 0.